The second-order valence-corrected chi connectivity index (χ2v) is 16.8. The summed E-state index contributed by atoms with van der Waals surface area (Å²) in [6.45, 7) is 0. The Labute approximate surface area is 379 Å². The Balaban J connectivity index is 0.989. The molecule has 0 aromatic heterocycles. The van der Waals surface area contributed by atoms with Crippen LogP contribution in [0.4, 0.5) is 17.1 Å². The van der Waals surface area contributed by atoms with Crippen molar-refractivity contribution < 1.29 is 0 Å². The van der Waals surface area contributed by atoms with E-state index >= 15 is 0 Å². The van der Waals surface area contributed by atoms with Crippen molar-refractivity contribution in [3.63, 3.8) is 0 Å². The second-order valence-electron chi connectivity index (χ2n) is 16.8. The second kappa shape index (κ2) is 16.3. The van der Waals surface area contributed by atoms with Gasteiger partial charge in [-0.25, -0.2) is 0 Å². The molecule has 0 saturated heterocycles. The Morgan fingerprint density at radius 1 is 0.200 bits per heavy atom. The smallest absolute Gasteiger partial charge is 0.0546 e. The molecule has 0 saturated carbocycles. The number of fused-ring (bicyclic) bond motifs is 6. The van der Waals surface area contributed by atoms with Crippen molar-refractivity contribution >= 4 is 60.2 Å². The van der Waals surface area contributed by atoms with Gasteiger partial charge in [0.2, 0.25) is 0 Å². The maximum atomic E-state index is 2.43. The van der Waals surface area contributed by atoms with E-state index in [-0.39, 0.29) is 0 Å². The molecule has 0 N–H and O–H groups in total. The Bertz CT molecular complexity index is 3700. The SMILES string of the molecule is c1ccc(-c2ccccc2-c2ccccc2-c2ccccc2-c2ccc(N(c3ccc(-c4cc5ccccc5c5ccccc45)cc3)c3cc4ccccc4c4ccccc34)cc2)cc1. The molecular formula is C64H43N. The highest BCUT2D eigenvalue weighted by atomic mass is 15.1. The lowest BCUT2D eigenvalue weighted by atomic mass is 9.87. The van der Waals surface area contributed by atoms with Crippen molar-refractivity contribution in [3.8, 4) is 55.6 Å². The molecule has 0 amide bonds. The summed E-state index contributed by atoms with van der Waals surface area (Å²) >= 11 is 0. The van der Waals surface area contributed by atoms with Gasteiger partial charge in [0, 0.05) is 16.8 Å². The van der Waals surface area contributed by atoms with Crippen LogP contribution < -0.4 is 4.90 Å². The molecule has 1 heteroatoms. The first-order valence-corrected chi connectivity index (χ1v) is 22.4. The molecule has 65 heavy (non-hydrogen) atoms. The summed E-state index contributed by atoms with van der Waals surface area (Å²) in [6, 6.07) is 95.2. The van der Waals surface area contributed by atoms with Crippen LogP contribution in [-0.2, 0) is 0 Å². The molecule has 0 fully saturated rings. The van der Waals surface area contributed by atoms with Crippen molar-refractivity contribution in [2.45, 2.75) is 0 Å². The van der Waals surface area contributed by atoms with Crippen molar-refractivity contribution in [3.05, 3.63) is 261 Å². The van der Waals surface area contributed by atoms with Gasteiger partial charge in [-0.3, -0.25) is 0 Å². The molecule has 0 unspecified atom stereocenters. The predicted octanol–water partition coefficient (Wildman–Crippen LogP) is 18.1. The highest BCUT2D eigenvalue weighted by Crippen LogP contribution is 2.45. The first-order valence-electron chi connectivity index (χ1n) is 22.4. The van der Waals surface area contributed by atoms with Gasteiger partial charge >= 0.3 is 0 Å². The molecule has 0 aliphatic rings. The number of benzene rings is 12. The van der Waals surface area contributed by atoms with E-state index in [1.807, 2.05) is 0 Å². The normalized spacial score (nSPS) is 11.4. The van der Waals surface area contributed by atoms with Crippen LogP contribution in [0.15, 0.2) is 261 Å². The lowest BCUT2D eigenvalue weighted by molar-refractivity contribution is 1.30. The summed E-state index contributed by atoms with van der Waals surface area (Å²) in [7, 11) is 0. The summed E-state index contributed by atoms with van der Waals surface area (Å²) < 4.78 is 0. The Morgan fingerprint density at radius 3 is 1.06 bits per heavy atom. The summed E-state index contributed by atoms with van der Waals surface area (Å²) in [5.74, 6) is 0. The van der Waals surface area contributed by atoms with Crippen LogP contribution in [0.1, 0.15) is 0 Å². The van der Waals surface area contributed by atoms with E-state index in [1.165, 1.54) is 93.2 Å². The maximum absolute atomic E-state index is 2.43. The molecule has 0 bridgehead atoms. The molecule has 12 aromatic carbocycles. The molecule has 0 aliphatic carbocycles. The fourth-order valence-electron chi connectivity index (χ4n) is 10.0. The van der Waals surface area contributed by atoms with Gasteiger partial charge in [0.15, 0.2) is 0 Å². The number of hydrogen-bond acceptors (Lipinski definition) is 1. The number of nitrogens with zero attached hydrogens (tertiary/aromatic N) is 1. The van der Waals surface area contributed by atoms with Crippen molar-refractivity contribution in [2.24, 2.45) is 0 Å². The van der Waals surface area contributed by atoms with Gasteiger partial charge in [0.1, 0.15) is 0 Å². The third-order valence-electron chi connectivity index (χ3n) is 13.1. The minimum absolute atomic E-state index is 1.09. The first kappa shape index (κ1) is 38.2. The number of rotatable bonds is 8. The third kappa shape index (κ3) is 6.82. The molecule has 1 nitrogen and oxygen atoms in total. The molecule has 12 aromatic rings. The zero-order chi connectivity index (χ0) is 43.1. The van der Waals surface area contributed by atoms with Crippen LogP contribution in [0.3, 0.4) is 0 Å². The number of hydrogen-bond donors (Lipinski definition) is 0. The van der Waals surface area contributed by atoms with Gasteiger partial charge in [-0.2, -0.15) is 0 Å². The van der Waals surface area contributed by atoms with E-state index in [4.69, 9.17) is 0 Å². The van der Waals surface area contributed by atoms with Crippen LogP contribution in [0.5, 0.6) is 0 Å². The first-order chi connectivity index (χ1) is 32.3. The third-order valence-corrected chi connectivity index (χ3v) is 13.1. The van der Waals surface area contributed by atoms with Crippen molar-refractivity contribution in [2.75, 3.05) is 4.90 Å². The maximum Gasteiger partial charge on any atom is 0.0546 e. The van der Waals surface area contributed by atoms with E-state index in [1.54, 1.807) is 0 Å². The zero-order valence-corrected chi connectivity index (χ0v) is 35.8. The van der Waals surface area contributed by atoms with Gasteiger partial charge in [-0.1, -0.05) is 224 Å². The molecule has 12 rings (SSSR count). The van der Waals surface area contributed by atoms with Gasteiger partial charge in [0.25, 0.3) is 0 Å². The van der Waals surface area contributed by atoms with E-state index in [9.17, 15) is 0 Å². The van der Waals surface area contributed by atoms with Crippen molar-refractivity contribution in [1.29, 1.82) is 0 Å². The van der Waals surface area contributed by atoms with Gasteiger partial charge in [0.05, 0.1) is 5.69 Å². The quantitative estimate of drug-likeness (QED) is 0.138. The molecule has 0 heterocycles. The molecule has 0 spiro atoms. The largest absolute Gasteiger partial charge is 0.310 e. The topological polar surface area (TPSA) is 3.24 Å². The van der Waals surface area contributed by atoms with Crippen LogP contribution in [0.2, 0.25) is 0 Å². The molecule has 0 atom stereocenters. The fourth-order valence-corrected chi connectivity index (χ4v) is 10.0. The lowest BCUT2D eigenvalue weighted by Crippen LogP contribution is -2.10. The Morgan fingerprint density at radius 2 is 0.538 bits per heavy atom. The number of anilines is 3. The minimum Gasteiger partial charge on any atom is -0.310 e. The van der Waals surface area contributed by atoms with Gasteiger partial charge in [-0.05, 0) is 130 Å². The van der Waals surface area contributed by atoms with E-state index in [0.29, 0.717) is 0 Å². The highest BCUT2D eigenvalue weighted by Gasteiger charge is 2.20. The van der Waals surface area contributed by atoms with Crippen LogP contribution in [0, 0.1) is 0 Å². The molecule has 0 radical (unpaired) electrons. The van der Waals surface area contributed by atoms with E-state index in [2.05, 4.69) is 266 Å². The van der Waals surface area contributed by atoms with E-state index < -0.39 is 0 Å². The highest BCUT2D eigenvalue weighted by molar-refractivity contribution is 6.15. The monoisotopic (exact) mass is 825 g/mol. The van der Waals surface area contributed by atoms with Crippen molar-refractivity contribution in [1.82, 2.24) is 0 Å². The minimum atomic E-state index is 1.09. The van der Waals surface area contributed by atoms with Crippen LogP contribution in [0.25, 0.3) is 98.7 Å². The van der Waals surface area contributed by atoms with Gasteiger partial charge in [-0.15, -0.1) is 0 Å². The molecular weight excluding hydrogens is 783 g/mol. The summed E-state index contributed by atoms with van der Waals surface area (Å²) in [5.41, 5.74) is 15.4. The Hall–Kier alpha value is -8.52. The zero-order valence-electron chi connectivity index (χ0n) is 35.8. The lowest BCUT2D eigenvalue weighted by Gasteiger charge is -2.28. The molecule has 0 aliphatic heterocycles. The summed E-state index contributed by atoms with van der Waals surface area (Å²) in [4.78, 5) is 2.43. The standard InChI is InChI=1S/C64H43N/c1-2-18-44(19-3-1)51-22-8-10-26-55(51)59-30-13-14-31-60(59)56-27-11-9-23-52(56)45-34-38-49(39-35-45)65(64-43-48-21-5-7-25-54(48)58-29-16-17-33-62(58)64)50-40-36-46(37-41-50)63-42-47-20-4-6-24-53(47)57-28-12-15-32-61(57)63/h1-43H. The van der Waals surface area contributed by atoms with E-state index in [0.717, 1.165) is 22.6 Å². The van der Waals surface area contributed by atoms with Gasteiger partial charge < -0.3 is 4.90 Å². The van der Waals surface area contributed by atoms with Crippen LogP contribution >= 0.6 is 0 Å². The predicted molar refractivity (Wildman–Crippen MR) is 278 cm³/mol. The molecule has 304 valence electrons. The summed E-state index contributed by atoms with van der Waals surface area (Å²) in [6.07, 6.45) is 0. The average molecular weight is 826 g/mol. The average Bonchev–Trinajstić information content (AvgIpc) is 3.39. The summed E-state index contributed by atoms with van der Waals surface area (Å²) in [5, 5.41) is 9.97. The Kier molecular flexibility index (Phi) is 9.58. The fraction of sp³-hybridized carbons (Fsp3) is 0. The van der Waals surface area contributed by atoms with Crippen LogP contribution in [-0.4, -0.2) is 0 Å².